The van der Waals surface area contributed by atoms with Crippen molar-refractivity contribution in [2.45, 2.75) is 84.0 Å². The molecule has 0 atom stereocenters. The van der Waals surface area contributed by atoms with E-state index in [0.717, 1.165) is 19.3 Å². The molecule has 0 aliphatic rings. The summed E-state index contributed by atoms with van der Waals surface area (Å²) in [5, 5.41) is 0. The number of unbranched alkanes of at least 4 members (excludes halogenated alkanes) is 9. The van der Waals surface area contributed by atoms with Gasteiger partial charge < -0.3 is 4.74 Å². The molecule has 0 bridgehead atoms. The third-order valence-electron chi connectivity index (χ3n) is 3.59. The zero-order chi connectivity index (χ0) is 15.6. The molecule has 21 heavy (non-hydrogen) atoms. The highest BCUT2D eigenvalue weighted by Crippen LogP contribution is 2.08. The quantitative estimate of drug-likeness (QED) is 0.224. The van der Waals surface area contributed by atoms with Gasteiger partial charge in [0.15, 0.2) is 0 Å². The van der Waals surface area contributed by atoms with Crippen molar-refractivity contribution in [1.29, 1.82) is 0 Å². The summed E-state index contributed by atoms with van der Waals surface area (Å²) in [5.74, 6) is -0.0839. The number of rotatable bonds is 14. The standard InChI is InChI=1S/C19H34O2/c1-3-4-5-6-7-8-9-10-11-12-13-14-15-16-17-18-19(20)21-2/h8-11H,3-7,12-18H2,1-2H3/b9-8+,11-10+. The van der Waals surface area contributed by atoms with Crippen LogP contribution >= 0.6 is 0 Å². The lowest BCUT2D eigenvalue weighted by molar-refractivity contribution is -0.140. The van der Waals surface area contributed by atoms with E-state index in [1.54, 1.807) is 0 Å². The number of hydrogen-bond donors (Lipinski definition) is 0. The highest BCUT2D eigenvalue weighted by Gasteiger charge is 1.98. The average Bonchev–Trinajstić information content (AvgIpc) is 2.50. The van der Waals surface area contributed by atoms with E-state index in [0.29, 0.717) is 6.42 Å². The number of esters is 1. The molecule has 2 heteroatoms. The summed E-state index contributed by atoms with van der Waals surface area (Å²) < 4.78 is 4.61. The van der Waals surface area contributed by atoms with Gasteiger partial charge in [-0.3, -0.25) is 4.79 Å². The Morgan fingerprint density at radius 1 is 0.810 bits per heavy atom. The number of carbonyl (C=O) groups is 1. The summed E-state index contributed by atoms with van der Waals surface area (Å²) in [6.45, 7) is 2.25. The maximum Gasteiger partial charge on any atom is 0.305 e. The van der Waals surface area contributed by atoms with Crippen LogP contribution in [0.4, 0.5) is 0 Å². The van der Waals surface area contributed by atoms with Crippen molar-refractivity contribution in [3.05, 3.63) is 24.3 Å². The summed E-state index contributed by atoms with van der Waals surface area (Å²) in [4.78, 5) is 10.9. The first kappa shape index (κ1) is 19.9. The molecular formula is C19H34O2. The molecule has 0 aromatic heterocycles. The number of methoxy groups -OCH3 is 1. The van der Waals surface area contributed by atoms with Crippen molar-refractivity contribution in [2.24, 2.45) is 0 Å². The van der Waals surface area contributed by atoms with Gasteiger partial charge in [0, 0.05) is 6.42 Å². The predicted molar refractivity (Wildman–Crippen MR) is 91.4 cm³/mol. The molecule has 0 aliphatic carbocycles. The lowest BCUT2D eigenvalue weighted by Gasteiger charge is -1.99. The predicted octanol–water partition coefficient (Wildman–Crippen LogP) is 5.97. The maximum atomic E-state index is 10.9. The van der Waals surface area contributed by atoms with Crippen molar-refractivity contribution >= 4 is 5.97 Å². The van der Waals surface area contributed by atoms with Crippen LogP contribution in [-0.4, -0.2) is 13.1 Å². The van der Waals surface area contributed by atoms with E-state index in [2.05, 4.69) is 36.0 Å². The second-order valence-electron chi connectivity index (χ2n) is 5.59. The first-order chi connectivity index (χ1) is 10.3. The molecule has 0 fully saturated rings. The smallest absolute Gasteiger partial charge is 0.305 e. The molecule has 0 saturated carbocycles. The Bertz CT molecular complexity index is 279. The summed E-state index contributed by atoms with van der Waals surface area (Å²) in [6, 6.07) is 0. The molecule has 0 saturated heterocycles. The van der Waals surface area contributed by atoms with Gasteiger partial charge in [0.25, 0.3) is 0 Å². The first-order valence-corrected chi connectivity index (χ1v) is 8.69. The van der Waals surface area contributed by atoms with Gasteiger partial charge in [-0.15, -0.1) is 0 Å². The molecule has 2 nitrogen and oxygen atoms in total. The largest absolute Gasteiger partial charge is 0.469 e. The molecule has 0 radical (unpaired) electrons. The Balaban J connectivity index is 3.21. The van der Waals surface area contributed by atoms with E-state index in [9.17, 15) is 4.79 Å². The third kappa shape index (κ3) is 16.9. The normalized spacial score (nSPS) is 11.5. The zero-order valence-electron chi connectivity index (χ0n) is 14.1. The molecule has 0 aromatic rings. The Labute approximate surface area is 131 Å². The summed E-state index contributed by atoms with van der Waals surface area (Å²) in [7, 11) is 1.45. The van der Waals surface area contributed by atoms with E-state index in [4.69, 9.17) is 0 Å². The van der Waals surface area contributed by atoms with Crippen LogP contribution in [-0.2, 0) is 9.53 Å². The Hall–Kier alpha value is -1.05. The minimum Gasteiger partial charge on any atom is -0.469 e. The molecule has 0 heterocycles. The van der Waals surface area contributed by atoms with Crippen LogP contribution in [0.25, 0.3) is 0 Å². The van der Waals surface area contributed by atoms with Gasteiger partial charge >= 0.3 is 5.97 Å². The molecule has 0 aliphatic heterocycles. The van der Waals surface area contributed by atoms with E-state index in [1.165, 1.54) is 58.5 Å². The highest BCUT2D eigenvalue weighted by atomic mass is 16.5. The molecule has 0 rings (SSSR count). The van der Waals surface area contributed by atoms with Crippen LogP contribution in [0.5, 0.6) is 0 Å². The van der Waals surface area contributed by atoms with Gasteiger partial charge in [-0.25, -0.2) is 0 Å². The topological polar surface area (TPSA) is 26.3 Å². The van der Waals surface area contributed by atoms with Crippen molar-refractivity contribution in [1.82, 2.24) is 0 Å². The van der Waals surface area contributed by atoms with Crippen molar-refractivity contribution < 1.29 is 9.53 Å². The maximum absolute atomic E-state index is 10.9. The Morgan fingerprint density at radius 2 is 1.33 bits per heavy atom. The van der Waals surface area contributed by atoms with Gasteiger partial charge in [0.2, 0.25) is 0 Å². The molecule has 0 aromatic carbocycles. The van der Waals surface area contributed by atoms with E-state index in [1.807, 2.05) is 0 Å². The lowest BCUT2D eigenvalue weighted by atomic mass is 10.1. The summed E-state index contributed by atoms with van der Waals surface area (Å²) >= 11 is 0. The number of carbonyl (C=O) groups excluding carboxylic acids is 1. The van der Waals surface area contributed by atoms with Crippen LogP contribution < -0.4 is 0 Å². The minimum atomic E-state index is -0.0839. The van der Waals surface area contributed by atoms with E-state index < -0.39 is 0 Å². The second-order valence-corrected chi connectivity index (χ2v) is 5.59. The fourth-order valence-corrected chi connectivity index (χ4v) is 2.20. The van der Waals surface area contributed by atoms with Crippen molar-refractivity contribution in [3.8, 4) is 0 Å². The SMILES string of the molecule is CCCCCC/C=C/C=C/CCCCCCCC(=O)OC. The monoisotopic (exact) mass is 294 g/mol. The number of hydrogen-bond acceptors (Lipinski definition) is 2. The fraction of sp³-hybridized carbons (Fsp3) is 0.737. The molecule has 0 amide bonds. The summed E-state index contributed by atoms with van der Waals surface area (Å²) in [6.07, 6.45) is 23.0. The van der Waals surface area contributed by atoms with Crippen LogP contribution in [0.1, 0.15) is 84.0 Å². The Morgan fingerprint density at radius 3 is 1.90 bits per heavy atom. The van der Waals surface area contributed by atoms with Crippen molar-refractivity contribution in [3.63, 3.8) is 0 Å². The molecule has 0 spiro atoms. The van der Waals surface area contributed by atoms with Gasteiger partial charge in [0.1, 0.15) is 0 Å². The number of ether oxygens (including phenoxy) is 1. The van der Waals surface area contributed by atoms with Gasteiger partial charge in [-0.1, -0.05) is 69.8 Å². The van der Waals surface area contributed by atoms with Gasteiger partial charge in [-0.2, -0.15) is 0 Å². The van der Waals surface area contributed by atoms with Crippen LogP contribution in [0.3, 0.4) is 0 Å². The second kappa shape index (κ2) is 17.0. The molecule has 0 N–H and O–H groups in total. The fourth-order valence-electron chi connectivity index (χ4n) is 2.20. The van der Waals surface area contributed by atoms with Gasteiger partial charge in [-0.05, 0) is 32.1 Å². The minimum absolute atomic E-state index is 0.0839. The van der Waals surface area contributed by atoms with Crippen LogP contribution in [0.2, 0.25) is 0 Å². The molecular weight excluding hydrogens is 260 g/mol. The zero-order valence-corrected chi connectivity index (χ0v) is 14.1. The summed E-state index contributed by atoms with van der Waals surface area (Å²) in [5.41, 5.74) is 0. The molecule has 0 unspecified atom stereocenters. The van der Waals surface area contributed by atoms with Crippen LogP contribution in [0, 0.1) is 0 Å². The first-order valence-electron chi connectivity index (χ1n) is 8.69. The number of allylic oxidation sites excluding steroid dienone is 4. The average molecular weight is 294 g/mol. The molecule has 122 valence electrons. The van der Waals surface area contributed by atoms with Gasteiger partial charge in [0.05, 0.1) is 7.11 Å². The Kier molecular flexibility index (Phi) is 16.2. The van der Waals surface area contributed by atoms with Crippen molar-refractivity contribution in [2.75, 3.05) is 7.11 Å². The highest BCUT2D eigenvalue weighted by molar-refractivity contribution is 5.68. The van der Waals surface area contributed by atoms with Crippen LogP contribution in [0.15, 0.2) is 24.3 Å². The lowest BCUT2D eigenvalue weighted by Crippen LogP contribution is -1.98. The van der Waals surface area contributed by atoms with E-state index >= 15 is 0 Å². The van der Waals surface area contributed by atoms with E-state index in [-0.39, 0.29) is 5.97 Å². The third-order valence-corrected chi connectivity index (χ3v) is 3.59.